The highest BCUT2D eigenvalue weighted by molar-refractivity contribution is 5.95. The van der Waals surface area contributed by atoms with Gasteiger partial charge in [0.15, 0.2) is 11.6 Å². The number of rotatable bonds is 2. The number of pyridine rings is 1. The second kappa shape index (κ2) is 7.29. The highest BCUT2D eigenvalue weighted by atomic mass is 19.1. The molecule has 3 fully saturated rings. The monoisotopic (exact) mass is 440 g/mol. The van der Waals surface area contributed by atoms with Crippen LogP contribution < -0.4 is 11.1 Å². The van der Waals surface area contributed by atoms with Crippen LogP contribution in [0.1, 0.15) is 52.4 Å². The van der Waals surface area contributed by atoms with Crippen molar-refractivity contribution in [3.8, 4) is 0 Å². The van der Waals surface area contributed by atoms with E-state index in [1.54, 1.807) is 36.4 Å². The van der Waals surface area contributed by atoms with Crippen LogP contribution in [0.4, 0.5) is 15.9 Å². The van der Waals surface area contributed by atoms with E-state index in [9.17, 15) is 14.0 Å². The summed E-state index contributed by atoms with van der Waals surface area (Å²) in [6, 6.07) is 3.54. The lowest BCUT2D eigenvalue weighted by Crippen LogP contribution is -2.60. The number of carbonyl (C=O) groups is 2. The third kappa shape index (κ3) is 2.92. The van der Waals surface area contributed by atoms with Crippen molar-refractivity contribution in [2.24, 2.45) is 34.5 Å². The average Bonchev–Trinajstić information content (AvgIpc) is 3.11. The second-order valence-electron chi connectivity index (χ2n) is 10.8. The number of amides is 2. The first-order valence-electron chi connectivity index (χ1n) is 11.8. The normalized spacial score (nSPS) is 40.8. The van der Waals surface area contributed by atoms with E-state index in [0.29, 0.717) is 29.3 Å². The predicted octanol–water partition coefficient (Wildman–Crippen LogP) is 4.16. The largest absolute Gasteiger partial charge is 0.396 e. The molecule has 172 valence electrons. The minimum absolute atomic E-state index is 0.00712. The van der Waals surface area contributed by atoms with Crippen molar-refractivity contribution in [3.63, 3.8) is 0 Å². The molecule has 0 spiro atoms. The molecule has 3 N–H and O–H groups in total. The minimum Gasteiger partial charge on any atom is -0.396 e. The van der Waals surface area contributed by atoms with Crippen molar-refractivity contribution >= 4 is 23.3 Å². The van der Waals surface area contributed by atoms with Crippen LogP contribution in [-0.4, -0.2) is 34.8 Å². The Kier molecular flexibility index (Phi) is 4.88. The number of fused-ring (bicyclic) bond motifs is 5. The molecule has 7 heteroatoms. The Hall–Kier alpha value is -2.44. The molecule has 0 aromatic carbocycles. The van der Waals surface area contributed by atoms with Gasteiger partial charge in [-0.2, -0.15) is 0 Å². The SMILES string of the molecule is CN1C(=O)C(F)=C[C@]2(C)C3CC[C@]4(C)[C@@H](C(=O)Nc5ncccc5N)CC[C@H]4C3CC[C@@H]12. The van der Waals surface area contributed by atoms with E-state index in [2.05, 4.69) is 24.1 Å². The third-order valence-corrected chi connectivity index (χ3v) is 9.55. The second-order valence-corrected chi connectivity index (χ2v) is 10.8. The fourth-order valence-electron chi connectivity index (χ4n) is 7.99. The van der Waals surface area contributed by atoms with Crippen LogP contribution in [-0.2, 0) is 9.59 Å². The van der Waals surface area contributed by atoms with Gasteiger partial charge in [0, 0.05) is 30.6 Å². The van der Waals surface area contributed by atoms with Gasteiger partial charge in [0.1, 0.15) is 0 Å². The van der Waals surface area contributed by atoms with E-state index in [-0.39, 0.29) is 28.7 Å². The number of anilines is 2. The van der Waals surface area contributed by atoms with Crippen LogP contribution in [0.3, 0.4) is 0 Å². The van der Waals surface area contributed by atoms with E-state index < -0.39 is 11.7 Å². The fraction of sp³-hybridized carbons (Fsp3) is 0.640. The predicted molar refractivity (Wildman–Crippen MR) is 121 cm³/mol. The molecule has 7 atom stereocenters. The Balaban J connectivity index is 1.40. The van der Waals surface area contributed by atoms with Crippen molar-refractivity contribution in [2.75, 3.05) is 18.1 Å². The third-order valence-electron chi connectivity index (χ3n) is 9.55. The summed E-state index contributed by atoms with van der Waals surface area (Å²) >= 11 is 0. The molecule has 6 nitrogen and oxygen atoms in total. The summed E-state index contributed by atoms with van der Waals surface area (Å²) in [6.45, 7) is 4.41. The number of nitrogen functional groups attached to an aromatic ring is 1. The standard InChI is InChI=1S/C25H33FN4O2/c1-24-11-10-16-14(6-9-20-25(16,2)13-18(26)23(32)30(20)3)15(24)7-8-17(24)22(31)29-21-19(27)5-4-12-28-21/h4-5,12-17,20H,6-11,27H2,1-3H3,(H,28,29,31)/t14?,15-,16?,17+,20+,24-,25+/m0/s1. The summed E-state index contributed by atoms with van der Waals surface area (Å²) in [4.78, 5) is 31.4. The maximum absolute atomic E-state index is 14.6. The summed E-state index contributed by atoms with van der Waals surface area (Å²) in [6.07, 6.45) is 8.92. The Morgan fingerprint density at radius 3 is 2.75 bits per heavy atom. The van der Waals surface area contributed by atoms with Gasteiger partial charge in [0.05, 0.1) is 5.69 Å². The summed E-state index contributed by atoms with van der Waals surface area (Å²) in [5.41, 5.74) is 6.03. The molecule has 0 saturated heterocycles. The summed E-state index contributed by atoms with van der Waals surface area (Å²) in [7, 11) is 1.74. The molecular formula is C25H33FN4O2. The number of hydrogen-bond donors (Lipinski definition) is 2. The van der Waals surface area contributed by atoms with E-state index in [1.807, 2.05) is 0 Å². The Morgan fingerprint density at radius 2 is 2.00 bits per heavy atom. The van der Waals surface area contributed by atoms with Crippen LogP contribution in [0.2, 0.25) is 0 Å². The molecule has 3 saturated carbocycles. The van der Waals surface area contributed by atoms with Gasteiger partial charge < -0.3 is 16.0 Å². The van der Waals surface area contributed by atoms with Gasteiger partial charge in [-0.15, -0.1) is 0 Å². The van der Waals surface area contributed by atoms with E-state index in [0.717, 1.165) is 38.5 Å². The smallest absolute Gasteiger partial charge is 0.282 e. The van der Waals surface area contributed by atoms with E-state index in [4.69, 9.17) is 5.73 Å². The van der Waals surface area contributed by atoms with E-state index >= 15 is 0 Å². The quantitative estimate of drug-likeness (QED) is 0.723. The van der Waals surface area contributed by atoms with Crippen molar-refractivity contribution in [2.45, 2.75) is 58.4 Å². The molecule has 4 aliphatic rings. The number of nitrogens with one attached hydrogen (secondary N) is 1. The number of halogens is 1. The molecule has 1 aromatic rings. The topological polar surface area (TPSA) is 88.3 Å². The van der Waals surface area contributed by atoms with Gasteiger partial charge in [-0.1, -0.05) is 13.8 Å². The molecule has 0 bridgehead atoms. The molecule has 2 heterocycles. The molecule has 2 unspecified atom stereocenters. The maximum atomic E-state index is 14.6. The van der Waals surface area contributed by atoms with Crippen molar-refractivity contribution in [3.05, 3.63) is 30.2 Å². The van der Waals surface area contributed by atoms with E-state index in [1.165, 1.54) is 0 Å². The first kappa shape index (κ1) is 21.4. The number of hydrogen-bond acceptors (Lipinski definition) is 4. The number of likely N-dealkylation sites (N-methyl/N-ethyl adjacent to an activating group) is 1. The zero-order chi connectivity index (χ0) is 22.8. The number of carbonyl (C=O) groups excluding carboxylic acids is 2. The Morgan fingerprint density at radius 1 is 1.22 bits per heavy atom. The molecule has 3 aliphatic carbocycles. The average molecular weight is 441 g/mol. The van der Waals surface area contributed by atoms with Crippen molar-refractivity contribution in [1.82, 2.24) is 9.88 Å². The highest BCUT2D eigenvalue weighted by Crippen LogP contribution is 2.65. The first-order valence-corrected chi connectivity index (χ1v) is 11.8. The fourth-order valence-corrected chi connectivity index (χ4v) is 7.99. The summed E-state index contributed by atoms with van der Waals surface area (Å²) in [5, 5.41) is 2.97. The van der Waals surface area contributed by atoms with Gasteiger partial charge in [-0.25, -0.2) is 9.37 Å². The van der Waals surface area contributed by atoms with Crippen molar-refractivity contribution in [1.29, 1.82) is 0 Å². The first-order chi connectivity index (χ1) is 15.2. The molecule has 32 heavy (non-hydrogen) atoms. The van der Waals surface area contributed by atoms with Crippen LogP contribution in [0.25, 0.3) is 0 Å². The van der Waals surface area contributed by atoms with Crippen molar-refractivity contribution < 1.29 is 14.0 Å². The van der Waals surface area contributed by atoms with Gasteiger partial charge in [-0.05, 0) is 79.9 Å². The number of aromatic nitrogens is 1. The number of nitrogens with two attached hydrogens (primary N) is 1. The lowest BCUT2D eigenvalue weighted by molar-refractivity contribution is -0.144. The van der Waals surface area contributed by atoms with Gasteiger partial charge >= 0.3 is 0 Å². The van der Waals surface area contributed by atoms with Gasteiger partial charge in [0.2, 0.25) is 5.91 Å². The lowest BCUT2D eigenvalue weighted by atomic mass is 9.47. The lowest BCUT2D eigenvalue weighted by Gasteiger charge is -2.60. The Bertz CT molecular complexity index is 996. The molecule has 5 rings (SSSR count). The molecular weight excluding hydrogens is 407 g/mol. The zero-order valence-corrected chi connectivity index (χ0v) is 19.1. The summed E-state index contributed by atoms with van der Waals surface area (Å²) < 4.78 is 14.6. The van der Waals surface area contributed by atoms with Crippen LogP contribution in [0, 0.1) is 34.5 Å². The highest BCUT2D eigenvalue weighted by Gasteiger charge is 2.62. The molecule has 1 aromatic heterocycles. The van der Waals surface area contributed by atoms with Gasteiger partial charge in [0.25, 0.3) is 5.91 Å². The maximum Gasteiger partial charge on any atom is 0.282 e. The zero-order valence-electron chi connectivity index (χ0n) is 19.1. The number of nitrogens with zero attached hydrogens (tertiary/aromatic N) is 2. The molecule has 1 aliphatic heterocycles. The summed E-state index contributed by atoms with van der Waals surface area (Å²) in [5.74, 6) is 0.454. The molecule has 2 amide bonds. The van der Waals surface area contributed by atoms with Crippen LogP contribution >= 0.6 is 0 Å². The van der Waals surface area contributed by atoms with Crippen LogP contribution in [0.15, 0.2) is 30.2 Å². The Labute approximate surface area is 188 Å². The minimum atomic E-state index is -0.614. The van der Waals surface area contributed by atoms with Crippen LogP contribution in [0.5, 0.6) is 0 Å². The molecule has 0 radical (unpaired) electrons. The van der Waals surface area contributed by atoms with Gasteiger partial charge in [-0.3, -0.25) is 9.59 Å².